The molecule has 0 aliphatic heterocycles. The minimum Gasteiger partial charge on any atom is -0.395 e. The van der Waals surface area contributed by atoms with Crippen LogP contribution in [0.3, 0.4) is 0 Å². The second-order valence-electron chi connectivity index (χ2n) is 4.57. The summed E-state index contributed by atoms with van der Waals surface area (Å²) in [6.45, 7) is 8.25. The molecule has 0 fully saturated rings. The Kier molecular flexibility index (Phi) is 4.16. The lowest BCUT2D eigenvalue weighted by atomic mass is 9.97. The maximum absolute atomic E-state index is 8.86. The molecule has 1 atom stereocenters. The molecule has 4 nitrogen and oxygen atoms in total. The minimum atomic E-state index is -0.0987. The largest absolute Gasteiger partial charge is 0.395 e. The van der Waals surface area contributed by atoms with Gasteiger partial charge in [0.05, 0.1) is 12.4 Å². The van der Waals surface area contributed by atoms with Crippen LogP contribution in [0.5, 0.6) is 0 Å². The van der Waals surface area contributed by atoms with Gasteiger partial charge in [0.2, 0.25) is 5.89 Å². The topological polar surface area (TPSA) is 59.2 Å². The molecule has 0 aliphatic carbocycles. The van der Waals surface area contributed by atoms with Crippen molar-refractivity contribution >= 4 is 11.8 Å². The number of hydrogen-bond acceptors (Lipinski definition) is 5. The van der Waals surface area contributed by atoms with Gasteiger partial charge in [-0.2, -0.15) is 4.98 Å². The third kappa shape index (κ3) is 3.83. The van der Waals surface area contributed by atoms with E-state index in [9.17, 15) is 0 Å². The van der Waals surface area contributed by atoms with Crippen LogP contribution >= 0.6 is 11.8 Å². The van der Waals surface area contributed by atoms with Gasteiger partial charge in [0.25, 0.3) is 0 Å². The van der Waals surface area contributed by atoms with Crippen molar-refractivity contribution in [3.63, 3.8) is 0 Å². The lowest BCUT2D eigenvalue weighted by molar-refractivity contribution is 0.300. The third-order valence-corrected chi connectivity index (χ3v) is 3.01. The van der Waals surface area contributed by atoms with E-state index in [4.69, 9.17) is 9.63 Å². The van der Waals surface area contributed by atoms with Crippen LogP contribution in [0.4, 0.5) is 0 Å². The summed E-state index contributed by atoms with van der Waals surface area (Å²) >= 11 is 1.62. The van der Waals surface area contributed by atoms with Gasteiger partial charge in [-0.15, -0.1) is 11.8 Å². The first-order valence-corrected chi connectivity index (χ1v) is 6.04. The molecule has 0 amide bonds. The number of hydrogen-bond donors (Lipinski definition) is 1. The van der Waals surface area contributed by atoms with E-state index < -0.39 is 0 Å². The van der Waals surface area contributed by atoms with Crippen molar-refractivity contribution in [3.05, 3.63) is 11.7 Å². The molecular formula is C10H18N2O2S. The number of aliphatic hydroxyl groups is 1. The van der Waals surface area contributed by atoms with Gasteiger partial charge in [-0.3, -0.25) is 0 Å². The summed E-state index contributed by atoms with van der Waals surface area (Å²) in [5, 5.41) is 13.0. The van der Waals surface area contributed by atoms with E-state index in [0.717, 1.165) is 0 Å². The molecule has 0 aliphatic rings. The highest BCUT2D eigenvalue weighted by atomic mass is 32.2. The lowest BCUT2D eigenvalue weighted by Crippen LogP contribution is -2.11. The van der Waals surface area contributed by atoms with Crippen molar-refractivity contribution in [1.82, 2.24) is 10.1 Å². The Morgan fingerprint density at radius 2 is 2.13 bits per heavy atom. The van der Waals surface area contributed by atoms with Gasteiger partial charge in [-0.05, 0) is 0 Å². The monoisotopic (exact) mass is 230 g/mol. The van der Waals surface area contributed by atoms with Crippen molar-refractivity contribution in [2.24, 2.45) is 0 Å². The zero-order valence-corrected chi connectivity index (χ0v) is 10.5. The zero-order chi connectivity index (χ0) is 11.5. The Morgan fingerprint density at radius 3 is 2.60 bits per heavy atom. The molecule has 5 heteroatoms. The van der Waals surface area contributed by atoms with E-state index in [2.05, 4.69) is 10.1 Å². The van der Waals surface area contributed by atoms with Gasteiger partial charge in [0.1, 0.15) is 0 Å². The van der Waals surface area contributed by atoms with Crippen molar-refractivity contribution in [2.45, 2.75) is 44.1 Å². The summed E-state index contributed by atoms with van der Waals surface area (Å²) < 4.78 is 5.16. The predicted octanol–water partition coefficient (Wildman–Crippen LogP) is 1.98. The van der Waals surface area contributed by atoms with Crippen LogP contribution in [-0.2, 0) is 11.2 Å². The Bertz CT molecular complexity index is 307. The van der Waals surface area contributed by atoms with E-state index >= 15 is 0 Å². The molecule has 1 rings (SSSR count). The second kappa shape index (κ2) is 4.99. The maximum atomic E-state index is 8.86. The van der Waals surface area contributed by atoms with Crippen molar-refractivity contribution in [2.75, 3.05) is 6.61 Å². The molecule has 86 valence electrons. The van der Waals surface area contributed by atoms with Crippen LogP contribution in [0.15, 0.2) is 4.52 Å². The van der Waals surface area contributed by atoms with Crippen LogP contribution < -0.4 is 0 Å². The van der Waals surface area contributed by atoms with Gasteiger partial charge in [-0.25, -0.2) is 0 Å². The Labute approximate surface area is 94.5 Å². The average molecular weight is 230 g/mol. The normalized spacial score (nSPS) is 14.2. The lowest BCUT2D eigenvalue weighted by Gasteiger charge is -2.10. The first kappa shape index (κ1) is 12.5. The van der Waals surface area contributed by atoms with E-state index in [1.54, 1.807) is 11.8 Å². The molecule has 1 N–H and O–H groups in total. The van der Waals surface area contributed by atoms with Crippen LogP contribution in [0.2, 0.25) is 0 Å². The first-order chi connectivity index (χ1) is 6.93. The molecular weight excluding hydrogens is 212 g/mol. The molecule has 1 heterocycles. The molecule has 0 aromatic carbocycles. The Morgan fingerprint density at radius 1 is 1.47 bits per heavy atom. The number of aliphatic hydroxyl groups excluding tert-OH is 1. The highest BCUT2D eigenvalue weighted by molar-refractivity contribution is 7.99. The average Bonchev–Trinajstić information content (AvgIpc) is 2.61. The molecule has 0 spiro atoms. The standard InChI is InChI=1S/C10H18N2O2S/c1-7(5-13)15-6-8-11-9(14-12-8)10(2,3)4/h7,13H,5-6H2,1-4H3. The van der Waals surface area contributed by atoms with E-state index in [1.165, 1.54) is 0 Å². The quantitative estimate of drug-likeness (QED) is 0.857. The van der Waals surface area contributed by atoms with Gasteiger partial charge < -0.3 is 9.63 Å². The summed E-state index contributed by atoms with van der Waals surface area (Å²) in [4.78, 5) is 4.31. The second-order valence-corrected chi connectivity index (χ2v) is 6.00. The fourth-order valence-electron chi connectivity index (χ4n) is 0.887. The summed E-state index contributed by atoms with van der Waals surface area (Å²) in [6.07, 6.45) is 0. The minimum absolute atomic E-state index is 0.0987. The van der Waals surface area contributed by atoms with Crippen LogP contribution in [0, 0.1) is 0 Å². The summed E-state index contributed by atoms with van der Waals surface area (Å²) in [5.41, 5.74) is -0.0987. The Balaban J connectivity index is 2.54. The van der Waals surface area contributed by atoms with Crippen LogP contribution in [0.25, 0.3) is 0 Å². The zero-order valence-electron chi connectivity index (χ0n) is 9.65. The number of thioether (sulfide) groups is 1. The maximum Gasteiger partial charge on any atom is 0.232 e. The van der Waals surface area contributed by atoms with Crippen molar-refractivity contribution < 1.29 is 9.63 Å². The molecule has 1 aromatic heterocycles. The fourth-order valence-corrected chi connectivity index (χ4v) is 1.54. The van der Waals surface area contributed by atoms with Gasteiger partial charge in [0.15, 0.2) is 5.82 Å². The summed E-state index contributed by atoms with van der Waals surface area (Å²) in [7, 11) is 0. The molecule has 0 radical (unpaired) electrons. The summed E-state index contributed by atoms with van der Waals surface area (Å²) in [6, 6.07) is 0. The fraction of sp³-hybridized carbons (Fsp3) is 0.800. The van der Waals surface area contributed by atoms with Crippen molar-refractivity contribution in [3.8, 4) is 0 Å². The summed E-state index contributed by atoms with van der Waals surface area (Å²) in [5.74, 6) is 2.04. The number of rotatable bonds is 4. The van der Waals surface area contributed by atoms with E-state index in [-0.39, 0.29) is 17.3 Å². The predicted molar refractivity (Wildman–Crippen MR) is 60.8 cm³/mol. The van der Waals surface area contributed by atoms with Gasteiger partial charge in [-0.1, -0.05) is 32.9 Å². The van der Waals surface area contributed by atoms with Crippen molar-refractivity contribution in [1.29, 1.82) is 0 Å². The molecule has 15 heavy (non-hydrogen) atoms. The smallest absolute Gasteiger partial charge is 0.232 e. The van der Waals surface area contributed by atoms with E-state index in [1.807, 2.05) is 27.7 Å². The van der Waals surface area contributed by atoms with Crippen LogP contribution in [-0.4, -0.2) is 27.1 Å². The first-order valence-electron chi connectivity index (χ1n) is 4.99. The SMILES string of the molecule is CC(CO)SCc1noc(C(C)(C)C)n1. The molecule has 0 saturated carbocycles. The van der Waals surface area contributed by atoms with Crippen LogP contribution in [0.1, 0.15) is 39.4 Å². The van der Waals surface area contributed by atoms with Gasteiger partial charge >= 0.3 is 0 Å². The van der Waals surface area contributed by atoms with Gasteiger partial charge in [0, 0.05) is 10.7 Å². The molecule has 1 aromatic rings. The highest BCUT2D eigenvalue weighted by Gasteiger charge is 2.21. The highest BCUT2D eigenvalue weighted by Crippen LogP contribution is 2.21. The number of aromatic nitrogens is 2. The third-order valence-electron chi connectivity index (χ3n) is 1.86. The Hall–Kier alpha value is -0.550. The number of nitrogens with zero attached hydrogens (tertiary/aromatic N) is 2. The molecule has 0 bridgehead atoms. The molecule has 0 saturated heterocycles. The molecule has 1 unspecified atom stereocenters. The van der Waals surface area contributed by atoms with E-state index in [0.29, 0.717) is 17.5 Å².